The Hall–Kier alpha value is -3.22. The number of methoxy groups -OCH3 is 1. The van der Waals surface area contributed by atoms with Crippen molar-refractivity contribution in [2.24, 2.45) is 5.10 Å². The molecule has 0 saturated carbocycles. The van der Waals surface area contributed by atoms with Gasteiger partial charge in [-0.15, -0.1) is 0 Å². The number of para-hydroxylation sites is 2. The predicted molar refractivity (Wildman–Crippen MR) is 94.4 cm³/mol. The van der Waals surface area contributed by atoms with Gasteiger partial charge in [0.05, 0.1) is 19.0 Å². The lowest BCUT2D eigenvalue weighted by molar-refractivity contribution is -0.121. The van der Waals surface area contributed by atoms with Crippen molar-refractivity contribution in [2.75, 3.05) is 19.2 Å². The van der Waals surface area contributed by atoms with E-state index in [1.807, 2.05) is 30.3 Å². The number of nitrogens with zero attached hydrogens (tertiary/aromatic N) is 1. The van der Waals surface area contributed by atoms with Crippen molar-refractivity contribution in [3.05, 3.63) is 48.0 Å². The van der Waals surface area contributed by atoms with Crippen LogP contribution in [0.5, 0.6) is 17.2 Å². The molecule has 0 saturated heterocycles. The minimum absolute atomic E-state index is 0.221. The van der Waals surface area contributed by atoms with E-state index >= 15 is 0 Å². The number of nitrogens with one attached hydrogen (secondary N) is 2. The maximum absolute atomic E-state index is 12.2. The number of fused-ring (bicyclic) bond motifs is 1. The van der Waals surface area contributed by atoms with Crippen LogP contribution in [0, 0.1) is 0 Å². The summed E-state index contributed by atoms with van der Waals surface area (Å²) in [6.07, 6.45) is 1.55. The summed E-state index contributed by atoms with van der Waals surface area (Å²) in [5.41, 5.74) is 4.06. The average molecular weight is 341 g/mol. The van der Waals surface area contributed by atoms with Crippen molar-refractivity contribution in [1.29, 1.82) is 0 Å². The maximum Gasteiger partial charge on any atom is 0.262 e. The van der Waals surface area contributed by atoms with Crippen molar-refractivity contribution in [2.45, 2.75) is 13.0 Å². The summed E-state index contributed by atoms with van der Waals surface area (Å²) < 4.78 is 15.8. The van der Waals surface area contributed by atoms with Crippen molar-refractivity contribution >= 4 is 17.8 Å². The highest BCUT2D eigenvalue weighted by atomic mass is 16.7. The monoisotopic (exact) mass is 341 g/mol. The molecule has 0 spiro atoms. The van der Waals surface area contributed by atoms with Crippen LogP contribution in [0.1, 0.15) is 12.5 Å². The van der Waals surface area contributed by atoms with Crippen molar-refractivity contribution < 1.29 is 19.0 Å². The summed E-state index contributed by atoms with van der Waals surface area (Å²) in [5, 5.41) is 7.08. The molecule has 7 heteroatoms. The second kappa shape index (κ2) is 7.57. The Kier molecular flexibility index (Phi) is 5.03. The number of hydrazone groups is 1. The third-order valence-corrected chi connectivity index (χ3v) is 3.66. The van der Waals surface area contributed by atoms with Crippen LogP contribution in [0.25, 0.3) is 0 Å². The molecule has 0 fully saturated rings. The molecule has 0 aromatic heterocycles. The Morgan fingerprint density at radius 1 is 1.24 bits per heavy atom. The lowest BCUT2D eigenvalue weighted by atomic mass is 10.2. The number of carbonyl (C=O) groups excluding carboxylic acids is 1. The molecule has 1 aliphatic heterocycles. The number of carbonyl (C=O) groups is 1. The van der Waals surface area contributed by atoms with Gasteiger partial charge in [0.1, 0.15) is 11.8 Å². The predicted octanol–water partition coefficient (Wildman–Crippen LogP) is 2.37. The summed E-state index contributed by atoms with van der Waals surface area (Å²) in [4.78, 5) is 12.2. The molecule has 0 bridgehead atoms. The van der Waals surface area contributed by atoms with Crippen LogP contribution in [0.15, 0.2) is 47.6 Å². The van der Waals surface area contributed by atoms with Crippen molar-refractivity contribution in [3.63, 3.8) is 0 Å². The summed E-state index contributed by atoms with van der Waals surface area (Å²) in [5.74, 6) is 1.78. The molecular weight excluding hydrogens is 322 g/mol. The van der Waals surface area contributed by atoms with Crippen molar-refractivity contribution in [3.8, 4) is 17.2 Å². The van der Waals surface area contributed by atoms with Gasteiger partial charge in [-0.1, -0.05) is 12.1 Å². The van der Waals surface area contributed by atoms with Gasteiger partial charge in [-0.05, 0) is 42.8 Å². The van der Waals surface area contributed by atoms with Crippen LogP contribution in [0.3, 0.4) is 0 Å². The molecule has 1 aliphatic rings. The van der Waals surface area contributed by atoms with Crippen LogP contribution < -0.4 is 25.0 Å². The number of hydrogen-bond donors (Lipinski definition) is 2. The number of anilines is 1. The van der Waals surface area contributed by atoms with E-state index in [4.69, 9.17) is 14.2 Å². The average Bonchev–Trinajstić information content (AvgIpc) is 3.09. The molecule has 1 unspecified atom stereocenters. The van der Waals surface area contributed by atoms with E-state index in [1.165, 1.54) is 0 Å². The van der Waals surface area contributed by atoms with Gasteiger partial charge in [0.2, 0.25) is 6.79 Å². The zero-order valence-electron chi connectivity index (χ0n) is 14.0. The quantitative estimate of drug-likeness (QED) is 0.623. The Morgan fingerprint density at radius 2 is 2.04 bits per heavy atom. The van der Waals surface area contributed by atoms with Crippen LogP contribution in [0.4, 0.5) is 5.69 Å². The fourth-order valence-corrected chi connectivity index (χ4v) is 2.32. The highest BCUT2D eigenvalue weighted by Gasteiger charge is 2.14. The fourth-order valence-electron chi connectivity index (χ4n) is 2.32. The normalized spacial score (nSPS) is 13.5. The van der Waals surface area contributed by atoms with E-state index in [0.29, 0.717) is 17.2 Å². The number of hydrogen-bond acceptors (Lipinski definition) is 6. The first-order valence-corrected chi connectivity index (χ1v) is 7.79. The molecule has 2 aromatic rings. The van der Waals surface area contributed by atoms with Crippen LogP contribution in [-0.4, -0.2) is 32.1 Å². The third-order valence-electron chi connectivity index (χ3n) is 3.66. The van der Waals surface area contributed by atoms with Gasteiger partial charge in [-0.25, -0.2) is 5.43 Å². The molecule has 1 atom stereocenters. The largest absolute Gasteiger partial charge is 0.495 e. The molecule has 7 nitrogen and oxygen atoms in total. The fraction of sp³-hybridized carbons (Fsp3) is 0.222. The van der Waals surface area contributed by atoms with E-state index in [1.54, 1.807) is 32.4 Å². The second-order valence-electron chi connectivity index (χ2n) is 5.41. The van der Waals surface area contributed by atoms with Gasteiger partial charge >= 0.3 is 0 Å². The Bertz CT molecular complexity index is 792. The minimum atomic E-state index is -0.481. The van der Waals surface area contributed by atoms with Gasteiger partial charge in [-0.3, -0.25) is 4.79 Å². The van der Waals surface area contributed by atoms with Crippen LogP contribution in [0.2, 0.25) is 0 Å². The number of benzene rings is 2. The van der Waals surface area contributed by atoms with Gasteiger partial charge in [0.15, 0.2) is 11.5 Å². The summed E-state index contributed by atoms with van der Waals surface area (Å²) in [6, 6.07) is 12.4. The summed E-state index contributed by atoms with van der Waals surface area (Å²) in [7, 11) is 1.58. The topological polar surface area (TPSA) is 81.2 Å². The minimum Gasteiger partial charge on any atom is -0.495 e. The molecular formula is C18H19N3O4. The molecule has 2 aromatic carbocycles. The first kappa shape index (κ1) is 16.6. The van der Waals surface area contributed by atoms with Gasteiger partial charge in [-0.2, -0.15) is 5.10 Å². The first-order chi connectivity index (χ1) is 12.2. The number of rotatable bonds is 6. The summed E-state index contributed by atoms with van der Waals surface area (Å²) >= 11 is 0. The molecule has 1 heterocycles. The maximum atomic E-state index is 12.2. The molecule has 2 N–H and O–H groups in total. The third kappa shape index (κ3) is 4.00. The second-order valence-corrected chi connectivity index (χ2v) is 5.41. The summed E-state index contributed by atoms with van der Waals surface area (Å²) in [6.45, 7) is 1.97. The Labute approximate surface area is 145 Å². The Morgan fingerprint density at radius 3 is 2.88 bits per heavy atom. The SMILES string of the molecule is COc1ccccc1NC(C)C(=O)N/N=C/c1ccc2c(c1)OCO2. The van der Waals surface area contributed by atoms with Crippen LogP contribution >= 0.6 is 0 Å². The van der Waals surface area contributed by atoms with E-state index in [-0.39, 0.29) is 12.7 Å². The molecule has 3 rings (SSSR count). The van der Waals surface area contributed by atoms with Gasteiger partial charge in [0, 0.05) is 0 Å². The van der Waals surface area contributed by atoms with Gasteiger partial charge < -0.3 is 19.5 Å². The zero-order chi connectivity index (χ0) is 17.6. The number of amides is 1. The lowest BCUT2D eigenvalue weighted by Gasteiger charge is -2.15. The smallest absolute Gasteiger partial charge is 0.262 e. The zero-order valence-corrected chi connectivity index (χ0v) is 14.0. The highest BCUT2D eigenvalue weighted by Crippen LogP contribution is 2.31. The van der Waals surface area contributed by atoms with E-state index in [0.717, 1.165) is 11.3 Å². The molecule has 0 radical (unpaired) electrons. The standard InChI is InChI=1S/C18H19N3O4/c1-12(20-14-5-3-4-6-15(14)23-2)18(22)21-19-10-13-7-8-16-17(9-13)25-11-24-16/h3-10,12,20H,11H2,1-2H3,(H,21,22)/b19-10+. The number of ether oxygens (including phenoxy) is 3. The molecule has 1 amide bonds. The van der Waals surface area contributed by atoms with E-state index in [2.05, 4.69) is 15.8 Å². The molecule has 25 heavy (non-hydrogen) atoms. The molecule has 0 aliphatic carbocycles. The van der Waals surface area contributed by atoms with E-state index < -0.39 is 6.04 Å². The first-order valence-electron chi connectivity index (χ1n) is 7.79. The molecule has 130 valence electrons. The van der Waals surface area contributed by atoms with Crippen molar-refractivity contribution in [1.82, 2.24) is 5.43 Å². The van der Waals surface area contributed by atoms with Gasteiger partial charge in [0.25, 0.3) is 5.91 Å². The Balaban J connectivity index is 1.56. The highest BCUT2D eigenvalue weighted by molar-refractivity contribution is 5.87. The van der Waals surface area contributed by atoms with Crippen LogP contribution in [-0.2, 0) is 4.79 Å². The lowest BCUT2D eigenvalue weighted by Crippen LogP contribution is -2.35. The van der Waals surface area contributed by atoms with E-state index in [9.17, 15) is 4.79 Å².